The van der Waals surface area contributed by atoms with Gasteiger partial charge < -0.3 is 4.74 Å². The molecule has 4 aliphatic carbocycles. The van der Waals surface area contributed by atoms with Crippen LogP contribution in [0.3, 0.4) is 0 Å². The van der Waals surface area contributed by atoms with Crippen molar-refractivity contribution in [2.75, 3.05) is 6.26 Å². The lowest BCUT2D eigenvalue weighted by atomic mass is 9.45. The second-order valence-corrected chi connectivity index (χ2v) is 12.2. The van der Waals surface area contributed by atoms with Gasteiger partial charge in [-0.05, 0) is 86.9 Å². The van der Waals surface area contributed by atoms with Crippen molar-refractivity contribution in [3.63, 3.8) is 0 Å². The predicted molar refractivity (Wildman–Crippen MR) is 107 cm³/mol. The average Bonchev–Trinajstić information content (AvgIpc) is 2.90. The third kappa shape index (κ3) is 3.42. The summed E-state index contributed by atoms with van der Waals surface area (Å²) in [6, 6.07) is 0. The molecule has 8 atom stereocenters. The van der Waals surface area contributed by atoms with Gasteiger partial charge in [0.1, 0.15) is 6.10 Å². The van der Waals surface area contributed by atoms with Gasteiger partial charge in [-0.25, -0.2) is 0 Å². The van der Waals surface area contributed by atoms with Gasteiger partial charge in [0.25, 0.3) is 10.1 Å². The number of hydrogen-bond donors (Lipinski definition) is 0. The molecule has 0 aliphatic heterocycles. The molecule has 0 N–H and O–H groups in total. The standard InChI is InChI=1S/C22H36O5S/c1-14(23)26-20-8-7-18-17-6-5-15-13-16(27-28(4,24)25)9-11-21(15,2)19(17)10-12-22(18,20)3/h15-20H,5-13H2,1-4H3/t15?,16?,17-,18-,19-,20?,21-,22-/m0/s1. The Labute approximate surface area is 170 Å². The Hall–Kier alpha value is -0.620. The summed E-state index contributed by atoms with van der Waals surface area (Å²) in [5.74, 6) is 2.49. The van der Waals surface area contributed by atoms with Gasteiger partial charge in [-0.1, -0.05) is 13.8 Å². The van der Waals surface area contributed by atoms with Crippen molar-refractivity contribution in [3.8, 4) is 0 Å². The molecule has 0 radical (unpaired) electrons. The molecule has 0 bridgehead atoms. The van der Waals surface area contributed by atoms with Crippen LogP contribution in [0.25, 0.3) is 0 Å². The maximum absolute atomic E-state index is 11.6. The van der Waals surface area contributed by atoms with Crippen molar-refractivity contribution in [1.29, 1.82) is 0 Å². The second-order valence-electron chi connectivity index (χ2n) is 10.6. The molecule has 0 aromatic heterocycles. The molecule has 0 amide bonds. The van der Waals surface area contributed by atoms with Crippen molar-refractivity contribution in [3.05, 3.63) is 0 Å². The zero-order chi connectivity index (χ0) is 20.3. The molecule has 0 saturated heterocycles. The number of fused-ring (bicyclic) bond motifs is 5. The highest BCUT2D eigenvalue weighted by Crippen LogP contribution is 2.66. The Bertz CT molecular complexity index is 733. The summed E-state index contributed by atoms with van der Waals surface area (Å²) in [5, 5.41) is 0. The van der Waals surface area contributed by atoms with Gasteiger partial charge in [-0.3, -0.25) is 8.98 Å². The lowest BCUT2D eigenvalue weighted by Crippen LogP contribution is -2.54. The van der Waals surface area contributed by atoms with Crippen molar-refractivity contribution >= 4 is 16.1 Å². The van der Waals surface area contributed by atoms with Crippen LogP contribution < -0.4 is 0 Å². The van der Waals surface area contributed by atoms with E-state index < -0.39 is 10.1 Å². The number of carbonyl (C=O) groups is 1. The van der Waals surface area contributed by atoms with E-state index >= 15 is 0 Å². The zero-order valence-electron chi connectivity index (χ0n) is 17.8. The molecule has 0 aromatic rings. The van der Waals surface area contributed by atoms with Crippen LogP contribution in [0, 0.1) is 34.5 Å². The minimum absolute atomic E-state index is 0.0837. The molecule has 4 rings (SSSR count). The molecule has 160 valence electrons. The lowest BCUT2D eigenvalue weighted by Gasteiger charge is -2.60. The number of carbonyl (C=O) groups excluding carboxylic acids is 1. The fourth-order valence-corrected chi connectivity index (χ4v) is 8.57. The van der Waals surface area contributed by atoms with Crippen LogP contribution in [-0.2, 0) is 23.8 Å². The van der Waals surface area contributed by atoms with E-state index in [1.807, 2.05) is 0 Å². The summed E-state index contributed by atoms with van der Waals surface area (Å²) >= 11 is 0. The van der Waals surface area contributed by atoms with E-state index in [-0.39, 0.29) is 23.6 Å². The summed E-state index contributed by atoms with van der Waals surface area (Å²) < 4.78 is 34.3. The number of esters is 1. The molecule has 6 heteroatoms. The highest BCUT2D eigenvalue weighted by Gasteiger charge is 2.61. The summed E-state index contributed by atoms with van der Waals surface area (Å²) in [6.07, 6.45) is 10.8. The van der Waals surface area contributed by atoms with E-state index in [4.69, 9.17) is 8.92 Å². The molecule has 4 fully saturated rings. The Morgan fingerprint density at radius 2 is 1.61 bits per heavy atom. The van der Waals surface area contributed by atoms with Gasteiger partial charge in [0.05, 0.1) is 12.4 Å². The molecule has 0 spiro atoms. The van der Waals surface area contributed by atoms with Crippen LogP contribution in [0.2, 0.25) is 0 Å². The normalized spacial score (nSPS) is 48.3. The van der Waals surface area contributed by atoms with E-state index in [1.165, 1.54) is 38.9 Å². The number of hydrogen-bond acceptors (Lipinski definition) is 5. The van der Waals surface area contributed by atoms with Crippen LogP contribution >= 0.6 is 0 Å². The summed E-state index contributed by atoms with van der Waals surface area (Å²) in [7, 11) is -3.38. The van der Waals surface area contributed by atoms with E-state index in [0.717, 1.165) is 32.1 Å². The Morgan fingerprint density at radius 3 is 2.29 bits per heavy atom. The average molecular weight is 413 g/mol. The van der Waals surface area contributed by atoms with E-state index in [1.54, 1.807) is 0 Å². The molecule has 4 saturated carbocycles. The van der Waals surface area contributed by atoms with E-state index in [0.29, 0.717) is 29.1 Å². The first-order valence-corrected chi connectivity index (χ1v) is 12.9. The van der Waals surface area contributed by atoms with Gasteiger partial charge in [-0.15, -0.1) is 0 Å². The maximum atomic E-state index is 11.6. The molecular formula is C22H36O5S. The first-order chi connectivity index (χ1) is 13.0. The monoisotopic (exact) mass is 412 g/mol. The van der Waals surface area contributed by atoms with Gasteiger partial charge >= 0.3 is 5.97 Å². The smallest absolute Gasteiger partial charge is 0.302 e. The molecule has 28 heavy (non-hydrogen) atoms. The van der Waals surface area contributed by atoms with Crippen LogP contribution in [0.1, 0.15) is 78.6 Å². The molecule has 0 heterocycles. The minimum atomic E-state index is -3.38. The van der Waals surface area contributed by atoms with Crippen LogP contribution in [-0.4, -0.2) is 32.9 Å². The van der Waals surface area contributed by atoms with Crippen LogP contribution in [0.15, 0.2) is 0 Å². The third-order valence-electron chi connectivity index (χ3n) is 9.15. The molecule has 4 aliphatic rings. The summed E-state index contributed by atoms with van der Waals surface area (Å²) in [6.45, 7) is 6.36. The third-order valence-corrected chi connectivity index (χ3v) is 9.77. The van der Waals surface area contributed by atoms with Crippen molar-refractivity contribution in [2.24, 2.45) is 34.5 Å². The Morgan fingerprint density at radius 1 is 0.929 bits per heavy atom. The fraction of sp³-hybridized carbons (Fsp3) is 0.955. The second kappa shape index (κ2) is 6.97. The Balaban J connectivity index is 1.51. The van der Waals surface area contributed by atoms with Crippen LogP contribution in [0.5, 0.6) is 0 Å². The lowest BCUT2D eigenvalue weighted by molar-refractivity contribution is -0.162. The molecular weight excluding hydrogens is 376 g/mol. The first kappa shape index (κ1) is 20.6. The highest BCUT2D eigenvalue weighted by atomic mass is 32.2. The minimum Gasteiger partial charge on any atom is -0.462 e. The number of rotatable bonds is 3. The summed E-state index contributed by atoms with van der Waals surface area (Å²) in [4.78, 5) is 11.6. The highest BCUT2D eigenvalue weighted by molar-refractivity contribution is 7.86. The topological polar surface area (TPSA) is 69.7 Å². The predicted octanol–water partition coefficient (Wildman–Crippen LogP) is 4.31. The van der Waals surface area contributed by atoms with Gasteiger partial charge in [0, 0.05) is 12.3 Å². The summed E-state index contributed by atoms with van der Waals surface area (Å²) in [5.41, 5.74) is 0.424. The van der Waals surface area contributed by atoms with Crippen molar-refractivity contribution in [1.82, 2.24) is 0 Å². The van der Waals surface area contributed by atoms with Crippen molar-refractivity contribution < 1.29 is 22.1 Å². The largest absolute Gasteiger partial charge is 0.462 e. The van der Waals surface area contributed by atoms with Gasteiger partial charge in [0.15, 0.2) is 0 Å². The van der Waals surface area contributed by atoms with E-state index in [9.17, 15) is 13.2 Å². The molecule has 3 unspecified atom stereocenters. The number of ether oxygens (including phenoxy) is 1. The van der Waals surface area contributed by atoms with Gasteiger partial charge in [0.2, 0.25) is 0 Å². The SMILES string of the molecule is CC(=O)OC1CC[C@H]2[C@@H]3CCC4CC(OS(C)(=O)=O)CC[C@]4(C)[C@H]3CC[C@]12C. The van der Waals surface area contributed by atoms with Gasteiger partial charge in [-0.2, -0.15) is 8.42 Å². The Kier molecular flexibility index (Phi) is 5.14. The zero-order valence-corrected chi connectivity index (χ0v) is 18.6. The van der Waals surface area contributed by atoms with Crippen molar-refractivity contribution in [2.45, 2.75) is 90.8 Å². The fourth-order valence-electron chi connectivity index (χ4n) is 7.90. The maximum Gasteiger partial charge on any atom is 0.302 e. The van der Waals surface area contributed by atoms with E-state index in [2.05, 4.69) is 13.8 Å². The molecule has 5 nitrogen and oxygen atoms in total. The quantitative estimate of drug-likeness (QED) is 0.510. The first-order valence-electron chi connectivity index (χ1n) is 11.1. The van der Waals surface area contributed by atoms with Crippen LogP contribution in [0.4, 0.5) is 0 Å². The molecule has 0 aromatic carbocycles.